The van der Waals surface area contributed by atoms with Gasteiger partial charge in [-0.3, -0.25) is 4.90 Å². The van der Waals surface area contributed by atoms with Crippen molar-refractivity contribution in [2.75, 3.05) is 18.8 Å². The second-order valence-electron chi connectivity index (χ2n) is 4.99. The van der Waals surface area contributed by atoms with Crippen molar-refractivity contribution in [3.8, 4) is 0 Å². The van der Waals surface area contributed by atoms with Gasteiger partial charge in [0.2, 0.25) is 0 Å². The van der Waals surface area contributed by atoms with E-state index in [1.807, 2.05) is 12.1 Å². The minimum atomic E-state index is 0.766. The molecule has 17 heavy (non-hydrogen) atoms. The highest BCUT2D eigenvalue weighted by Gasteiger charge is 2.09. The molecule has 1 aromatic carbocycles. The van der Waals surface area contributed by atoms with Gasteiger partial charge >= 0.3 is 0 Å². The highest BCUT2D eigenvalue weighted by molar-refractivity contribution is 5.40. The molecule has 0 saturated heterocycles. The van der Waals surface area contributed by atoms with Crippen LogP contribution in [-0.2, 0) is 6.54 Å². The molecule has 1 aromatic rings. The van der Waals surface area contributed by atoms with Gasteiger partial charge in [-0.25, -0.2) is 0 Å². The molecular weight excluding hydrogens is 208 g/mol. The number of nitrogen functional groups attached to an aromatic ring is 1. The van der Waals surface area contributed by atoms with Crippen LogP contribution in [0.25, 0.3) is 0 Å². The van der Waals surface area contributed by atoms with Gasteiger partial charge in [0.05, 0.1) is 0 Å². The molecule has 96 valence electrons. The zero-order chi connectivity index (χ0) is 12.7. The Morgan fingerprint density at radius 1 is 1.29 bits per heavy atom. The van der Waals surface area contributed by atoms with Gasteiger partial charge in [-0.15, -0.1) is 0 Å². The molecule has 1 unspecified atom stereocenters. The standard InChI is InChI=1S/C15H26N2/c1-4-9-17(11-13(3)5-2)12-14-7-6-8-15(16)10-14/h6-8,10,13H,4-5,9,11-12,16H2,1-3H3. The van der Waals surface area contributed by atoms with Crippen LogP contribution in [0.2, 0.25) is 0 Å². The van der Waals surface area contributed by atoms with Gasteiger partial charge in [-0.2, -0.15) is 0 Å². The SMILES string of the molecule is CCCN(Cc1cccc(N)c1)CC(C)CC. The van der Waals surface area contributed by atoms with Gasteiger partial charge in [-0.1, -0.05) is 39.3 Å². The van der Waals surface area contributed by atoms with Gasteiger partial charge in [-0.05, 0) is 36.6 Å². The van der Waals surface area contributed by atoms with Crippen LogP contribution in [0, 0.1) is 5.92 Å². The Morgan fingerprint density at radius 2 is 2.06 bits per heavy atom. The third kappa shape index (κ3) is 5.22. The highest BCUT2D eigenvalue weighted by atomic mass is 15.1. The first-order valence-electron chi connectivity index (χ1n) is 6.72. The first-order valence-corrected chi connectivity index (χ1v) is 6.72. The molecule has 0 fully saturated rings. The zero-order valence-electron chi connectivity index (χ0n) is 11.4. The number of nitrogens with two attached hydrogens (primary N) is 1. The smallest absolute Gasteiger partial charge is 0.0317 e. The number of nitrogens with zero attached hydrogens (tertiary/aromatic N) is 1. The van der Waals surface area contributed by atoms with Gasteiger partial charge in [0.15, 0.2) is 0 Å². The maximum atomic E-state index is 5.82. The van der Waals surface area contributed by atoms with E-state index >= 15 is 0 Å². The number of anilines is 1. The van der Waals surface area contributed by atoms with Crippen LogP contribution in [0.5, 0.6) is 0 Å². The van der Waals surface area contributed by atoms with E-state index in [1.54, 1.807) is 0 Å². The quantitative estimate of drug-likeness (QED) is 0.731. The molecule has 0 aliphatic heterocycles. The molecule has 2 N–H and O–H groups in total. The van der Waals surface area contributed by atoms with E-state index in [0.717, 1.165) is 18.2 Å². The summed E-state index contributed by atoms with van der Waals surface area (Å²) in [4.78, 5) is 2.53. The van der Waals surface area contributed by atoms with Gasteiger partial charge in [0.1, 0.15) is 0 Å². The Morgan fingerprint density at radius 3 is 2.65 bits per heavy atom. The summed E-state index contributed by atoms with van der Waals surface area (Å²) in [5, 5.41) is 0. The molecule has 1 rings (SSSR count). The molecule has 0 radical (unpaired) electrons. The largest absolute Gasteiger partial charge is 0.399 e. The Balaban J connectivity index is 2.59. The maximum Gasteiger partial charge on any atom is 0.0317 e. The summed E-state index contributed by atoms with van der Waals surface area (Å²) < 4.78 is 0. The van der Waals surface area contributed by atoms with Crippen molar-refractivity contribution in [2.24, 2.45) is 5.92 Å². The average Bonchev–Trinajstić information content (AvgIpc) is 2.29. The molecule has 2 nitrogen and oxygen atoms in total. The van der Waals surface area contributed by atoms with Crippen LogP contribution in [0.1, 0.15) is 39.2 Å². The minimum absolute atomic E-state index is 0.766. The third-order valence-corrected chi connectivity index (χ3v) is 3.16. The maximum absolute atomic E-state index is 5.82. The number of hydrogen-bond donors (Lipinski definition) is 1. The summed E-state index contributed by atoms with van der Waals surface area (Å²) in [6.45, 7) is 10.2. The lowest BCUT2D eigenvalue weighted by Crippen LogP contribution is -2.28. The average molecular weight is 234 g/mol. The molecule has 2 heteroatoms. The molecule has 0 aliphatic carbocycles. The van der Waals surface area contributed by atoms with Crippen LogP contribution in [-0.4, -0.2) is 18.0 Å². The van der Waals surface area contributed by atoms with Crippen molar-refractivity contribution in [2.45, 2.75) is 40.2 Å². The van der Waals surface area contributed by atoms with Crippen LogP contribution < -0.4 is 5.73 Å². The number of hydrogen-bond acceptors (Lipinski definition) is 2. The van der Waals surface area contributed by atoms with Gasteiger partial charge < -0.3 is 5.73 Å². The summed E-state index contributed by atoms with van der Waals surface area (Å²) >= 11 is 0. The Bertz CT molecular complexity index is 322. The fourth-order valence-corrected chi connectivity index (χ4v) is 2.07. The van der Waals surface area contributed by atoms with Crippen LogP contribution >= 0.6 is 0 Å². The van der Waals surface area contributed by atoms with E-state index in [2.05, 4.69) is 37.8 Å². The molecule has 0 heterocycles. The van der Waals surface area contributed by atoms with E-state index < -0.39 is 0 Å². The first-order chi connectivity index (χ1) is 8.15. The second-order valence-corrected chi connectivity index (χ2v) is 4.99. The van der Waals surface area contributed by atoms with Gasteiger partial charge in [0, 0.05) is 18.8 Å². The van der Waals surface area contributed by atoms with E-state index in [9.17, 15) is 0 Å². The monoisotopic (exact) mass is 234 g/mol. The summed E-state index contributed by atoms with van der Waals surface area (Å²) in [6.07, 6.45) is 2.45. The molecular formula is C15H26N2. The third-order valence-electron chi connectivity index (χ3n) is 3.16. The molecule has 0 amide bonds. The van der Waals surface area contributed by atoms with Crippen LogP contribution in [0.3, 0.4) is 0 Å². The van der Waals surface area contributed by atoms with Crippen molar-refractivity contribution < 1.29 is 0 Å². The van der Waals surface area contributed by atoms with Crippen molar-refractivity contribution >= 4 is 5.69 Å². The summed E-state index contributed by atoms with van der Waals surface area (Å²) in [5.74, 6) is 0.766. The van der Waals surface area contributed by atoms with Crippen LogP contribution in [0.4, 0.5) is 5.69 Å². The lowest BCUT2D eigenvalue weighted by atomic mass is 10.1. The first kappa shape index (κ1) is 14.0. The van der Waals surface area contributed by atoms with Crippen LogP contribution in [0.15, 0.2) is 24.3 Å². The number of rotatable bonds is 7. The molecule has 0 bridgehead atoms. The van der Waals surface area contributed by atoms with E-state index in [1.165, 1.54) is 31.5 Å². The molecule has 0 saturated carbocycles. The molecule has 1 atom stereocenters. The van der Waals surface area contributed by atoms with Crippen molar-refractivity contribution in [3.63, 3.8) is 0 Å². The topological polar surface area (TPSA) is 29.3 Å². The lowest BCUT2D eigenvalue weighted by molar-refractivity contribution is 0.227. The summed E-state index contributed by atoms with van der Waals surface area (Å²) in [7, 11) is 0. The van der Waals surface area contributed by atoms with Gasteiger partial charge in [0.25, 0.3) is 0 Å². The Labute approximate surface area is 106 Å². The van der Waals surface area contributed by atoms with Crippen molar-refractivity contribution in [1.82, 2.24) is 4.90 Å². The fraction of sp³-hybridized carbons (Fsp3) is 0.600. The molecule has 0 aliphatic rings. The minimum Gasteiger partial charge on any atom is -0.399 e. The van der Waals surface area contributed by atoms with E-state index in [4.69, 9.17) is 5.73 Å². The second kappa shape index (κ2) is 7.33. The normalized spacial score (nSPS) is 12.9. The lowest BCUT2D eigenvalue weighted by Gasteiger charge is -2.25. The van der Waals surface area contributed by atoms with E-state index in [0.29, 0.717) is 0 Å². The van der Waals surface area contributed by atoms with E-state index in [-0.39, 0.29) is 0 Å². The Hall–Kier alpha value is -1.02. The number of benzene rings is 1. The Kier molecular flexibility index (Phi) is 6.06. The fourth-order valence-electron chi connectivity index (χ4n) is 2.07. The molecule has 0 aromatic heterocycles. The predicted molar refractivity (Wildman–Crippen MR) is 75.9 cm³/mol. The predicted octanol–water partition coefficient (Wildman–Crippen LogP) is 3.53. The molecule has 0 spiro atoms. The van der Waals surface area contributed by atoms with Crippen molar-refractivity contribution in [3.05, 3.63) is 29.8 Å². The summed E-state index contributed by atoms with van der Waals surface area (Å²) in [6, 6.07) is 8.23. The highest BCUT2D eigenvalue weighted by Crippen LogP contribution is 2.12. The van der Waals surface area contributed by atoms with Crippen molar-refractivity contribution in [1.29, 1.82) is 0 Å². The summed E-state index contributed by atoms with van der Waals surface area (Å²) in [5.41, 5.74) is 8.00. The zero-order valence-corrected chi connectivity index (χ0v) is 11.4.